The van der Waals surface area contributed by atoms with E-state index in [9.17, 15) is 13.2 Å². The third kappa shape index (κ3) is 2.82. The summed E-state index contributed by atoms with van der Waals surface area (Å²) in [6, 6.07) is 5.61. The van der Waals surface area contributed by atoms with Crippen LogP contribution in [0, 0.1) is 11.3 Å². The molecule has 0 saturated carbocycles. The van der Waals surface area contributed by atoms with Gasteiger partial charge in [-0.2, -0.15) is 18.4 Å². The summed E-state index contributed by atoms with van der Waals surface area (Å²) < 4.78 is 38.7. The number of rotatable bonds is 1. The van der Waals surface area contributed by atoms with E-state index in [1.165, 1.54) is 6.07 Å². The molecule has 0 spiro atoms. The molecular formula is C13H14F3N3. The van der Waals surface area contributed by atoms with Crippen LogP contribution in [0.5, 0.6) is 0 Å². The largest absolute Gasteiger partial charge is 0.417 e. The van der Waals surface area contributed by atoms with Crippen molar-refractivity contribution in [2.24, 2.45) is 0 Å². The molecule has 1 aromatic carbocycles. The van der Waals surface area contributed by atoms with Gasteiger partial charge in [-0.1, -0.05) is 0 Å². The quantitative estimate of drug-likeness (QED) is 0.850. The van der Waals surface area contributed by atoms with Crippen molar-refractivity contribution in [3.63, 3.8) is 0 Å². The Hall–Kier alpha value is -1.74. The number of anilines is 1. The molecule has 1 aromatic rings. The van der Waals surface area contributed by atoms with Gasteiger partial charge in [0.15, 0.2) is 0 Å². The molecule has 1 aliphatic heterocycles. The molecule has 0 amide bonds. The lowest BCUT2D eigenvalue weighted by atomic mass is 10.1. The van der Waals surface area contributed by atoms with Crippen molar-refractivity contribution in [3.8, 4) is 6.07 Å². The smallest absolute Gasteiger partial charge is 0.366 e. The minimum atomic E-state index is -4.50. The Balaban J connectivity index is 2.41. The topological polar surface area (TPSA) is 39.1 Å². The fraction of sp³-hybridized carbons (Fsp3) is 0.462. The highest BCUT2D eigenvalue weighted by molar-refractivity contribution is 5.55. The fourth-order valence-electron chi connectivity index (χ4n) is 2.27. The summed E-state index contributed by atoms with van der Waals surface area (Å²) >= 11 is 0. The van der Waals surface area contributed by atoms with Crippen LogP contribution in [0.25, 0.3) is 0 Å². The summed E-state index contributed by atoms with van der Waals surface area (Å²) in [5, 5.41) is 11.9. The lowest BCUT2D eigenvalue weighted by Gasteiger charge is -2.36. The van der Waals surface area contributed by atoms with Gasteiger partial charge in [0.1, 0.15) is 0 Å². The van der Waals surface area contributed by atoms with E-state index >= 15 is 0 Å². The van der Waals surface area contributed by atoms with Crippen molar-refractivity contribution in [1.29, 1.82) is 5.26 Å². The minimum Gasteiger partial charge on any atom is -0.366 e. The molecule has 0 bridgehead atoms. The molecule has 1 aliphatic rings. The maximum Gasteiger partial charge on any atom is 0.417 e. The third-order valence-electron chi connectivity index (χ3n) is 3.26. The van der Waals surface area contributed by atoms with Crippen molar-refractivity contribution >= 4 is 5.69 Å². The van der Waals surface area contributed by atoms with E-state index < -0.39 is 11.7 Å². The molecule has 0 aliphatic carbocycles. The normalized spacial score (nSPS) is 20.2. The Morgan fingerprint density at radius 1 is 1.42 bits per heavy atom. The van der Waals surface area contributed by atoms with Crippen LogP contribution in [-0.2, 0) is 6.18 Å². The average Bonchev–Trinajstić information content (AvgIpc) is 2.37. The zero-order chi connectivity index (χ0) is 14.0. The first-order chi connectivity index (χ1) is 8.93. The van der Waals surface area contributed by atoms with E-state index in [1.807, 2.05) is 11.8 Å². The van der Waals surface area contributed by atoms with Gasteiger partial charge in [0, 0.05) is 31.4 Å². The first-order valence-corrected chi connectivity index (χ1v) is 6.02. The van der Waals surface area contributed by atoms with Gasteiger partial charge in [0.05, 0.1) is 17.2 Å². The molecule has 1 fully saturated rings. The van der Waals surface area contributed by atoms with Crippen LogP contribution in [0.3, 0.4) is 0 Å². The lowest BCUT2D eigenvalue weighted by molar-refractivity contribution is -0.137. The fourth-order valence-corrected chi connectivity index (χ4v) is 2.27. The van der Waals surface area contributed by atoms with Gasteiger partial charge in [-0.15, -0.1) is 0 Å². The van der Waals surface area contributed by atoms with Crippen LogP contribution in [0.15, 0.2) is 18.2 Å². The summed E-state index contributed by atoms with van der Waals surface area (Å²) in [7, 11) is 0. The number of nitrogens with zero attached hydrogens (tertiary/aromatic N) is 2. The predicted molar refractivity (Wildman–Crippen MR) is 65.8 cm³/mol. The molecule has 1 N–H and O–H groups in total. The average molecular weight is 269 g/mol. The highest BCUT2D eigenvalue weighted by atomic mass is 19.4. The van der Waals surface area contributed by atoms with Crippen LogP contribution >= 0.6 is 0 Å². The molecule has 0 unspecified atom stereocenters. The van der Waals surface area contributed by atoms with Gasteiger partial charge >= 0.3 is 6.18 Å². The molecule has 1 saturated heterocycles. The number of hydrogen-bond acceptors (Lipinski definition) is 3. The molecule has 1 heterocycles. The van der Waals surface area contributed by atoms with Crippen molar-refractivity contribution in [3.05, 3.63) is 29.3 Å². The summed E-state index contributed by atoms with van der Waals surface area (Å²) in [5.41, 5.74) is -0.683. The molecular weight excluding hydrogens is 255 g/mol. The van der Waals surface area contributed by atoms with E-state index in [0.717, 1.165) is 19.2 Å². The van der Waals surface area contributed by atoms with Gasteiger partial charge in [-0.25, -0.2) is 0 Å². The summed E-state index contributed by atoms with van der Waals surface area (Å²) in [4.78, 5) is 1.92. The number of nitrogens with one attached hydrogen (secondary N) is 1. The molecule has 102 valence electrons. The number of hydrogen-bond donors (Lipinski definition) is 1. The van der Waals surface area contributed by atoms with E-state index in [2.05, 4.69) is 5.32 Å². The number of halogens is 3. The Morgan fingerprint density at radius 2 is 2.16 bits per heavy atom. The predicted octanol–water partition coefficient (Wildman–Crippen LogP) is 2.38. The Bertz CT molecular complexity index is 505. The lowest BCUT2D eigenvalue weighted by Crippen LogP contribution is -2.50. The number of nitriles is 1. The number of benzene rings is 1. The monoisotopic (exact) mass is 269 g/mol. The van der Waals surface area contributed by atoms with Crippen LogP contribution in [0.1, 0.15) is 18.1 Å². The van der Waals surface area contributed by atoms with Gasteiger partial charge in [0.2, 0.25) is 0 Å². The van der Waals surface area contributed by atoms with Crippen molar-refractivity contribution in [1.82, 2.24) is 5.32 Å². The molecule has 19 heavy (non-hydrogen) atoms. The summed E-state index contributed by atoms with van der Waals surface area (Å²) in [6.45, 7) is 4.09. The zero-order valence-electron chi connectivity index (χ0n) is 10.5. The standard InChI is InChI=1S/C13H14F3N3/c1-9-8-18-4-5-19(9)11-3-2-10(7-17)12(6-11)13(14,15)16/h2-3,6,9,18H,4-5,8H2,1H3/t9-/m0/s1. The first-order valence-electron chi connectivity index (χ1n) is 6.02. The second-order valence-corrected chi connectivity index (χ2v) is 4.59. The molecule has 0 aromatic heterocycles. The van der Waals surface area contributed by atoms with Crippen molar-refractivity contribution < 1.29 is 13.2 Å². The van der Waals surface area contributed by atoms with Crippen LogP contribution < -0.4 is 10.2 Å². The summed E-state index contributed by atoms with van der Waals surface area (Å²) in [5.74, 6) is 0. The van der Waals surface area contributed by atoms with Gasteiger partial charge in [0.25, 0.3) is 0 Å². The molecule has 3 nitrogen and oxygen atoms in total. The van der Waals surface area contributed by atoms with Gasteiger partial charge in [-0.3, -0.25) is 0 Å². The SMILES string of the molecule is C[C@H]1CNCCN1c1ccc(C#N)c(C(F)(F)F)c1. The maximum atomic E-state index is 12.9. The minimum absolute atomic E-state index is 0.128. The van der Waals surface area contributed by atoms with Crippen LogP contribution in [0.4, 0.5) is 18.9 Å². The molecule has 1 atom stereocenters. The van der Waals surface area contributed by atoms with E-state index in [1.54, 1.807) is 12.1 Å². The summed E-state index contributed by atoms with van der Waals surface area (Å²) in [6.07, 6.45) is -4.50. The van der Waals surface area contributed by atoms with E-state index in [0.29, 0.717) is 12.2 Å². The van der Waals surface area contributed by atoms with E-state index in [-0.39, 0.29) is 11.6 Å². The maximum absolute atomic E-state index is 12.9. The Morgan fingerprint density at radius 3 is 2.74 bits per heavy atom. The number of piperazine rings is 1. The van der Waals surface area contributed by atoms with Gasteiger partial charge < -0.3 is 10.2 Å². The second kappa shape index (κ2) is 5.10. The van der Waals surface area contributed by atoms with Gasteiger partial charge in [-0.05, 0) is 25.1 Å². The highest BCUT2D eigenvalue weighted by Gasteiger charge is 2.34. The first kappa shape index (κ1) is 13.7. The Kier molecular flexibility index (Phi) is 3.67. The van der Waals surface area contributed by atoms with Crippen LogP contribution in [-0.4, -0.2) is 25.7 Å². The Labute approximate surface area is 109 Å². The van der Waals surface area contributed by atoms with E-state index in [4.69, 9.17) is 5.26 Å². The molecule has 2 rings (SSSR count). The van der Waals surface area contributed by atoms with Crippen LogP contribution in [0.2, 0.25) is 0 Å². The molecule has 0 radical (unpaired) electrons. The zero-order valence-corrected chi connectivity index (χ0v) is 10.5. The molecule has 6 heteroatoms. The van der Waals surface area contributed by atoms with Crippen molar-refractivity contribution in [2.75, 3.05) is 24.5 Å². The number of alkyl halides is 3. The van der Waals surface area contributed by atoms with Crippen molar-refractivity contribution in [2.45, 2.75) is 19.1 Å². The third-order valence-corrected chi connectivity index (χ3v) is 3.26. The highest BCUT2D eigenvalue weighted by Crippen LogP contribution is 2.34. The second-order valence-electron chi connectivity index (χ2n) is 4.59.